The Morgan fingerprint density at radius 2 is 1.31 bits per heavy atom. The number of halogens is 2. The molecule has 0 aliphatic carbocycles. The number of amides is 1. The van der Waals surface area contributed by atoms with Crippen LogP contribution in [0.1, 0.15) is 27.5 Å². The van der Waals surface area contributed by atoms with Crippen molar-refractivity contribution in [2.75, 3.05) is 26.2 Å². The molecule has 1 fully saturated rings. The lowest BCUT2D eigenvalue weighted by Crippen LogP contribution is -2.50. The molecule has 0 saturated carbocycles. The molecular formula is C24H22F2N2O. The zero-order valence-electron chi connectivity index (χ0n) is 16.0. The maximum atomic E-state index is 14.0. The van der Waals surface area contributed by atoms with Crippen molar-refractivity contribution in [2.45, 2.75) is 6.04 Å². The van der Waals surface area contributed by atoms with E-state index < -0.39 is 5.82 Å². The van der Waals surface area contributed by atoms with E-state index >= 15 is 0 Å². The molecule has 29 heavy (non-hydrogen) atoms. The van der Waals surface area contributed by atoms with Gasteiger partial charge in [0.15, 0.2) is 0 Å². The molecule has 1 aliphatic rings. The summed E-state index contributed by atoms with van der Waals surface area (Å²) in [5.41, 5.74) is 2.23. The molecule has 1 atom stereocenters. The van der Waals surface area contributed by atoms with Gasteiger partial charge in [0.2, 0.25) is 0 Å². The van der Waals surface area contributed by atoms with Crippen LogP contribution in [-0.2, 0) is 0 Å². The minimum atomic E-state index is -0.492. The van der Waals surface area contributed by atoms with Gasteiger partial charge in [-0.25, -0.2) is 8.78 Å². The van der Waals surface area contributed by atoms with Crippen molar-refractivity contribution in [1.82, 2.24) is 9.80 Å². The molecule has 1 saturated heterocycles. The Hall–Kier alpha value is -3.05. The minimum Gasteiger partial charge on any atom is -0.336 e. The zero-order chi connectivity index (χ0) is 20.2. The molecule has 5 heteroatoms. The third kappa shape index (κ3) is 4.20. The number of benzene rings is 3. The lowest BCUT2D eigenvalue weighted by Gasteiger charge is -2.39. The highest BCUT2D eigenvalue weighted by molar-refractivity contribution is 5.94. The molecule has 1 amide bonds. The summed E-state index contributed by atoms with van der Waals surface area (Å²) in [5, 5.41) is 0. The van der Waals surface area contributed by atoms with Crippen LogP contribution in [0.25, 0.3) is 0 Å². The van der Waals surface area contributed by atoms with Gasteiger partial charge in [0.1, 0.15) is 11.6 Å². The molecule has 3 aromatic rings. The molecule has 0 bridgehead atoms. The second-order valence-electron chi connectivity index (χ2n) is 7.17. The Morgan fingerprint density at radius 3 is 1.97 bits per heavy atom. The summed E-state index contributed by atoms with van der Waals surface area (Å²) in [6, 6.07) is 22.7. The van der Waals surface area contributed by atoms with Crippen LogP contribution in [0.4, 0.5) is 8.78 Å². The topological polar surface area (TPSA) is 23.6 Å². The van der Waals surface area contributed by atoms with Gasteiger partial charge in [0.05, 0.1) is 11.6 Å². The third-order valence-electron chi connectivity index (χ3n) is 5.37. The van der Waals surface area contributed by atoms with Crippen molar-refractivity contribution in [3.63, 3.8) is 0 Å². The van der Waals surface area contributed by atoms with Crippen LogP contribution < -0.4 is 0 Å². The summed E-state index contributed by atoms with van der Waals surface area (Å²) in [5.74, 6) is -1.03. The minimum absolute atomic E-state index is 0.0255. The average Bonchev–Trinajstić information content (AvgIpc) is 2.76. The Balaban J connectivity index is 1.53. The van der Waals surface area contributed by atoms with Gasteiger partial charge in [-0.3, -0.25) is 9.69 Å². The molecule has 1 heterocycles. The monoisotopic (exact) mass is 392 g/mol. The van der Waals surface area contributed by atoms with E-state index in [0.717, 1.165) is 11.1 Å². The van der Waals surface area contributed by atoms with E-state index in [1.807, 2.05) is 30.3 Å². The zero-order valence-corrected chi connectivity index (χ0v) is 16.0. The van der Waals surface area contributed by atoms with Crippen molar-refractivity contribution >= 4 is 5.91 Å². The molecule has 3 aromatic carbocycles. The van der Waals surface area contributed by atoms with Crippen molar-refractivity contribution in [2.24, 2.45) is 0 Å². The molecule has 1 unspecified atom stereocenters. The predicted molar refractivity (Wildman–Crippen MR) is 109 cm³/mol. The van der Waals surface area contributed by atoms with Crippen LogP contribution in [-0.4, -0.2) is 41.9 Å². The van der Waals surface area contributed by atoms with Crippen molar-refractivity contribution in [1.29, 1.82) is 0 Å². The van der Waals surface area contributed by atoms with Gasteiger partial charge in [-0.1, -0.05) is 54.6 Å². The first-order chi connectivity index (χ1) is 14.1. The fourth-order valence-corrected chi connectivity index (χ4v) is 3.88. The fraction of sp³-hybridized carbons (Fsp3) is 0.208. The summed E-state index contributed by atoms with van der Waals surface area (Å²) in [4.78, 5) is 16.7. The standard InChI is InChI=1S/C24H22F2N2O/c25-20-12-10-19(11-13-20)23(18-6-2-1-3-7-18)27-14-16-28(17-15-27)24(29)21-8-4-5-9-22(21)26/h1-13,23H,14-17H2. The Bertz CT molecular complexity index is 968. The molecule has 0 radical (unpaired) electrons. The third-order valence-corrected chi connectivity index (χ3v) is 5.37. The van der Waals surface area contributed by atoms with Gasteiger partial charge in [-0.15, -0.1) is 0 Å². The molecular weight excluding hydrogens is 370 g/mol. The Kier molecular flexibility index (Phi) is 5.67. The highest BCUT2D eigenvalue weighted by Crippen LogP contribution is 2.30. The molecule has 3 nitrogen and oxygen atoms in total. The number of hydrogen-bond acceptors (Lipinski definition) is 2. The Morgan fingerprint density at radius 1 is 0.724 bits per heavy atom. The molecule has 0 spiro atoms. The maximum Gasteiger partial charge on any atom is 0.256 e. The lowest BCUT2D eigenvalue weighted by atomic mass is 9.96. The van der Waals surface area contributed by atoms with E-state index in [1.54, 1.807) is 17.0 Å². The van der Waals surface area contributed by atoms with Crippen molar-refractivity contribution in [3.8, 4) is 0 Å². The molecule has 148 valence electrons. The normalized spacial score (nSPS) is 15.9. The first-order valence-electron chi connectivity index (χ1n) is 9.72. The van der Waals surface area contributed by atoms with Crippen molar-refractivity contribution in [3.05, 3.63) is 107 Å². The van der Waals surface area contributed by atoms with E-state index in [4.69, 9.17) is 0 Å². The van der Waals surface area contributed by atoms with Crippen LogP contribution in [0.5, 0.6) is 0 Å². The fourth-order valence-electron chi connectivity index (χ4n) is 3.88. The van der Waals surface area contributed by atoms with Gasteiger partial charge >= 0.3 is 0 Å². The van der Waals surface area contributed by atoms with Gasteiger partial charge in [0, 0.05) is 26.2 Å². The largest absolute Gasteiger partial charge is 0.336 e. The van der Waals surface area contributed by atoms with Crippen LogP contribution in [0.2, 0.25) is 0 Å². The van der Waals surface area contributed by atoms with Gasteiger partial charge < -0.3 is 4.90 Å². The Labute approximate surface area is 169 Å². The summed E-state index contributed by atoms with van der Waals surface area (Å²) in [6.45, 7) is 2.32. The number of rotatable bonds is 4. The number of carbonyl (C=O) groups is 1. The lowest BCUT2D eigenvalue weighted by molar-refractivity contribution is 0.0593. The number of piperazine rings is 1. The van der Waals surface area contributed by atoms with Crippen LogP contribution in [0.3, 0.4) is 0 Å². The van der Waals surface area contributed by atoms with E-state index in [-0.39, 0.29) is 23.3 Å². The summed E-state index contributed by atoms with van der Waals surface area (Å²) in [6.07, 6.45) is 0. The van der Waals surface area contributed by atoms with Crippen LogP contribution in [0.15, 0.2) is 78.9 Å². The average molecular weight is 392 g/mol. The maximum absolute atomic E-state index is 14.0. The van der Waals surface area contributed by atoms with E-state index in [2.05, 4.69) is 17.0 Å². The SMILES string of the molecule is O=C(c1ccccc1F)N1CCN(C(c2ccccc2)c2ccc(F)cc2)CC1. The van der Waals surface area contributed by atoms with Crippen molar-refractivity contribution < 1.29 is 13.6 Å². The van der Waals surface area contributed by atoms with E-state index in [0.29, 0.717) is 26.2 Å². The van der Waals surface area contributed by atoms with Gasteiger partial charge in [-0.05, 0) is 35.4 Å². The molecule has 0 aromatic heterocycles. The smallest absolute Gasteiger partial charge is 0.256 e. The van der Waals surface area contributed by atoms with Gasteiger partial charge in [-0.2, -0.15) is 0 Å². The quantitative estimate of drug-likeness (QED) is 0.652. The number of carbonyl (C=O) groups excluding carboxylic acids is 1. The molecule has 0 N–H and O–H groups in total. The van der Waals surface area contributed by atoms with Crippen LogP contribution in [0, 0.1) is 11.6 Å². The summed E-state index contributed by atoms with van der Waals surface area (Å²) >= 11 is 0. The van der Waals surface area contributed by atoms with Crippen LogP contribution >= 0.6 is 0 Å². The highest BCUT2D eigenvalue weighted by Gasteiger charge is 2.29. The van der Waals surface area contributed by atoms with Gasteiger partial charge in [0.25, 0.3) is 5.91 Å². The summed E-state index contributed by atoms with van der Waals surface area (Å²) < 4.78 is 27.4. The summed E-state index contributed by atoms with van der Waals surface area (Å²) in [7, 11) is 0. The van der Waals surface area contributed by atoms with E-state index in [9.17, 15) is 13.6 Å². The highest BCUT2D eigenvalue weighted by atomic mass is 19.1. The first-order valence-corrected chi connectivity index (χ1v) is 9.72. The predicted octanol–water partition coefficient (Wildman–Crippen LogP) is 4.51. The second-order valence-corrected chi connectivity index (χ2v) is 7.17. The number of hydrogen-bond donors (Lipinski definition) is 0. The first kappa shape index (κ1) is 19.3. The van der Waals surface area contributed by atoms with E-state index in [1.165, 1.54) is 24.3 Å². The molecule has 1 aliphatic heterocycles. The molecule has 4 rings (SSSR count). The second kappa shape index (κ2) is 8.53. The number of nitrogens with zero attached hydrogens (tertiary/aromatic N) is 2.